The van der Waals surface area contributed by atoms with Gasteiger partial charge in [-0.2, -0.15) is 5.10 Å². The van der Waals surface area contributed by atoms with Crippen LogP contribution >= 0.6 is 0 Å². The Morgan fingerprint density at radius 2 is 2.13 bits per heavy atom. The standard InChI is InChI=1S/C10H15N3.CH2O/c1-6-4-10(2,3)8-7(6)5-12-13-9(8)11;1-2/h5-6H,4H2,1-3H3,(H2,11,13);1H2. The first-order chi connectivity index (χ1) is 7.02. The summed E-state index contributed by atoms with van der Waals surface area (Å²) >= 11 is 0. The van der Waals surface area contributed by atoms with Crippen LogP contribution in [0.5, 0.6) is 0 Å². The Labute approximate surface area is 89.9 Å². The molecule has 2 N–H and O–H groups in total. The van der Waals surface area contributed by atoms with Crippen LogP contribution in [0.15, 0.2) is 6.20 Å². The smallest absolute Gasteiger partial charge is 0.150 e. The summed E-state index contributed by atoms with van der Waals surface area (Å²) in [5.74, 6) is 1.16. The average Bonchev–Trinajstić information content (AvgIpc) is 2.42. The molecule has 0 saturated carbocycles. The van der Waals surface area contributed by atoms with E-state index >= 15 is 0 Å². The lowest BCUT2D eigenvalue weighted by Gasteiger charge is -2.19. The zero-order valence-electron chi connectivity index (χ0n) is 9.45. The first-order valence-electron chi connectivity index (χ1n) is 4.93. The van der Waals surface area contributed by atoms with Gasteiger partial charge in [-0.1, -0.05) is 20.8 Å². The van der Waals surface area contributed by atoms with Crippen LogP contribution in [0.2, 0.25) is 0 Å². The second-order valence-corrected chi connectivity index (χ2v) is 4.55. The Bertz CT molecular complexity index is 363. The Balaban J connectivity index is 0.000000531. The molecule has 0 bridgehead atoms. The number of aromatic nitrogens is 2. The van der Waals surface area contributed by atoms with Gasteiger partial charge in [0.25, 0.3) is 0 Å². The highest BCUT2D eigenvalue weighted by molar-refractivity contribution is 5.52. The van der Waals surface area contributed by atoms with E-state index in [1.54, 1.807) is 0 Å². The Kier molecular flexibility index (Phi) is 3.07. The number of fused-ring (bicyclic) bond motifs is 1. The summed E-state index contributed by atoms with van der Waals surface area (Å²) in [6.45, 7) is 8.65. The summed E-state index contributed by atoms with van der Waals surface area (Å²) in [5, 5.41) is 7.81. The molecule has 1 aromatic heterocycles. The van der Waals surface area contributed by atoms with Crippen molar-refractivity contribution in [2.24, 2.45) is 0 Å². The van der Waals surface area contributed by atoms with Gasteiger partial charge in [0.15, 0.2) is 0 Å². The fraction of sp³-hybridized carbons (Fsp3) is 0.545. The molecular weight excluding hydrogens is 190 g/mol. The van der Waals surface area contributed by atoms with Crippen molar-refractivity contribution in [2.75, 3.05) is 5.73 Å². The quantitative estimate of drug-likeness (QED) is 0.702. The van der Waals surface area contributed by atoms with E-state index in [0.717, 1.165) is 6.42 Å². The third-order valence-electron chi connectivity index (χ3n) is 2.93. The van der Waals surface area contributed by atoms with E-state index in [1.807, 2.05) is 13.0 Å². The first kappa shape index (κ1) is 11.6. The highest BCUT2D eigenvalue weighted by Gasteiger charge is 2.37. The summed E-state index contributed by atoms with van der Waals surface area (Å²) in [6, 6.07) is 0. The minimum Gasteiger partial charge on any atom is -0.382 e. The molecule has 4 nitrogen and oxygen atoms in total. The van der Waals surface area contributed by atoms with Crippen LogP contribution in [-0.2, 0) is 10.2 Å². The van der Waals surface area contributed by atoms with E-state index in [2.05, 4.69) is 31.0 Å². The number of carbonyl (C=O) groups excluding carboxylic acids is 1. The molecule has 2 rings (SSSR count). The molecule has 1 unspecified atom stereocenters. The minimum absolute atomic E-state index is 0.161. The molecule has 0 amide bonds. The van der Waals surface area contributed by atoms with E-state index in [0.29, 0.717) is 11.7 Å². The van der Waals surface area contributed by atoms with Gasteiger partial charge in [0.2, 0.25) is 0 Å². The Morgan fingerprint density at radius 1 is 1.53 bits per heavy atom. The molecular formula is C11H17N3O. The van der Waals surface area contributed by atoms with Crippen molar-refractivity contribution >= 4 is 12.6 Å². The summed E-state index contributed by atoms with van der Waals surface area (Å²) in [5.41, 5.74) is 8.48. The minimum atomic E-state index is 0.161. The van der Waals surface area contributed by atoms with Crippen LogP contribution in [0, 0.1) is 0 Å². The maximum atomic E-state index is 8.00. The lowest BCUT2D eigenvalue weighted by atomic mass is 9.86. The normalized spacial score (nSPS) is 21.4. The van der Waals surface area contributed by atoms with Crippen molar-refractivity contribution in [1.29, 1.82) is 0 Å². The predicted molar refractivity (Wildman–Crippen MR) is 59.6 cm³/mol. The van der Waals surface area contributed by atoms with Crippen LogP contribution in [0.1, 0.15) is 44.2 Å². The highest BCUT2D eigenvalue weighted by atomic mass is 16.1. The van der Waals surface area contributed by atoms with Crippen molar-refractivity contribution in [3.8, 4) is 0 Å². The molecule has 15 heavy (non-hydrogen) atoms. The van der Waals surface area contributed by atoms with Gasteiger partial charge in [-0.05, 0) is 23.3 Å². The summed E-state index contributed by atoms with van der Waals surface area (Å²) in [4.78, 5) is 8.00. The number of nitrogens with zero attached hydrogens (tertiary/aromatic N) is 2. The van der Waals surface area contributed by atoms with E-state index < -0.39 is 0 Å². The van der Waals surface area contributed by atoms with E-state index in [1.165, 1.54) is 11.1 Å². The zero-order chi connectivity index (χ0) is 11.6. The molecule has 4 heteroatoms. The molecule has 0 spiro atoms. The van der Waals surface area contributed by atoms with Gasteiger partial charge in [-0.3, -0.25) is 0 Å². The van der Waals surface area contributed by atoms with Crippen LogP contribution in [-0.4, -0.2) is 17.0 Å². The van der Waals surface area contributed by atoms with E-state index in [9.17, 15) is 0 Å². The molecule has 0 aromatic carbocycles. The van der Waals surface area contributed by atoms with Gasteiger partial charge in [-0.15, -0.1) is 5.10 Å². The van der Waals surface area contributed by atoms with Gasteiger partial charge in [0, 0.05) is 5.56 Å². The fourth-order valence-electron chi connectivity index (χ4n) is 2.50. The van der Waals surface area contributed by atoms with Crippen molar-refractivity contribution in [3.63, 3.8) is 0 Å². The SMILES string of the molecule is C=O.CC1CC(C)(C)c2c1cnnc2N. The number of rotatable bonds is 0. The number of carbonyl (C=O) groups is 1. The van der Waals surface area contributed by atoms with Crippen LogP contribution in [0.25, 0.3) is 0 Å². The van der Waals surface area contributed by atoms with Crippen LogP contribution in [0.3, 0.4) is 0 Å². The van der Waals surface area contributed by atoms with Crippen LogP contribution < -0.4 is 5.73 Å². The van der Waals surface area contributed by atoms with Crippen molar-refractivity contribution in [2.45, 2.75) is 38.5 Å². The Hall–Kier alpha value is -1.45. The molecule has 1 heterocycles. The molecule has 1 atom stereocenters. The molecule has 0 radical (unpaired) electrons. The number of nitrogen functional groups attached to an aromatic ring is 1. The molecule has 0 aliphatic heterocycles. The maximum Gasteiger partial charge on any atom is 0.150 e. The average molecular weight is 207 g/mol. The van der Waals surface area contributed by atoms with Gasteiger partial charge in [-0.25, -0.2) is 0 Å². The van der Waals surface area contributed by atoms with Gasteiger partial charge in [0.05, 0.1) is 6.20 Å². The summed E-state index contributed by atoms with van der Waals surface area (Å²) in [7, 11) is 0. The molecule has 1 aromatic rings. The number of hydrogen-bond donors (Lipinski definition) is 1. The fourth-order valence-corrected chi connectivity index (χ4v) is 2.50. The van der Waals surface area contributed by atoms with Crippen molar-refractivity contribution in [1.82, 2.24) is 10.2 Å². The summed E-state index contributed by atoms with van der Waals surface area (Å²) in [6.07, 6.45) is 2.99. The Morgan fingerprint density at radius 3 is 2.67 bits per heavy atom. The van der Waals surface area contributed by atoms with Crippen molar-refractivity contribution < 1.29 is 4.79 Å². The van der Waals surface area contributed by atoms with E-state index in [-0.39, 0.29) is 5.41 Å². The highest BCUT2D eigenvalue weighted by Crippen LogP contribution is 2.46. The number of nitrogens with two attached hydrogens (primary N) is 1. The van der Waals surface area contributed by atoms with Crippen molar-refractivity contribution in [3.05, 3.63) is 17.3 Å². The monoisotopic (exact) mass is 207 g/mol. The van der Waals surface area contributed by atoms with Crippen LogP contribution in [0.4, 0.5) is 5.82 Å². The maximum absolute atomic E-state index is 8.00. The third kappa shape index (κ3) is 1.84. The third-order valence-corrected chi connectivity index (χ3v) is 2.93. The van der Waals surface area contributed by atoms with Gasteiger partial charge in [0.1, 0.15) is 12.6 Å². The first-order valence-corrected chi connectivity index (χ1v) is 4.93. The molecule has 1 aliphatic carbocycles. The number of anilines is 1. The molecule has 1 aliphatic rings. The lowest BCUT2D eigenvalue weighted by molar-refractivity contribution is -0.0979. The second-order valence-electron chi connectivity index (χ2n) is 4.55. The van der Waals surface area contributed by atoms with Gasteiger partial charge < -0.3 is 10.5 Å². The lowest BCUT2D eigenvalue weighted by Crippen LogP contribution is -2.15. The molecule has 82 valence electrons. The topological polar surface area (TPSA) is 68.9 Å². The van der Waals surface area contributed by atoms with Gasteiger partial charge >= 0.3 is 0 Å². The largest absolute Gasteiger partial charge is 0.382 e. The molecule has 0 fully saturated rings. The van der Waals surface area contributed by atoms with E-state index in [4.69, 9.17) is 10.5 Å². The zero-order valence-corrected chi connectivity index (χ0v) is 9.45. The summed E-state index contributed by atoms with van der Waals surface area (Å²) < 4.78 is 0. The second kappa shape index (κ2) is 3.96. The molecule has 0 saturated heterocycles. The predicted octanol–water partition coefficient (Wildman–Crippen LogP) is 1.66. The number of hydrogen-bond acceptors (Lipinski definition) is 4.